The second-order valence-electron chi connectivity index (χ2n) is 4.49. The Balaban J connectivity index is 2.25. The summed E-state index contributed by atoms with van der Waals surface area (Å²) in [6.45, 7) is 4.32. The highest BCUT2D eigenvalue weighted by Gasteiger charge is 2.12. The third-order valence-corrected chi connectivity index (χ3v) is 2.75. The number of pyridine rings is 1. The number of nitrogens with zero attached hydrogens (tertiary/aromatic N) is 1. The van der Waals surface area contributed by atoms with Crippen LogP contribution in [0.3, 0.4) is 0 Å². The van der Waals surface area contributed by atoms with Gasteiger partial charge in [0.1, 0.15) is 17.5 Å². The number of rotatable bonds is 4. The van der Waals surface area contributed by atoms with Gasteiger partial charge in [0.2, 0.25) is 0 Å². The number of aryl methyl sites for hydroxylation is 1. The Morgan fingerprint density at radius 2 is 2.00 bits per heavy atom. The Bertz CT molecular complexity index is 674. The van der Waals surface area contributed by atoms with E-state index in [4.69, 9.17) is 0 Å². The SMILES string of the molecule is CCNc1cc(C(=O)Nc2cc(F)ccc2F)cc(C)n1. The highest BCUT2D eigenvalue weighted by Crippen LogP contribution is 2.17. The Hall–Kier alpha value is -2.50. The monoisotopic (exact) mass is 291 g/mol. The van der Waals surface area contributed by atoms with Gasteiger partial charge in [0, 0.05) is 23.9 Å². The van der Waals surface area contributed by atoms with E-state index in [2.05, 4.69) is 15.6 Å². The molecule has 0 bridgehead atoms. The molecule has 1 aromatic carbocycles. The molecule has 0 unspecified atom stereocenters. The van der Waals surface area contributed by atoms with Crippen LogP contribution in [0, 0.1) is 18.6 Å². The second-order valence-corrected chi connectivity index (χ2v) is 4.49. The van der Waals surface area contributed by atoms with Crippen molar-refractivity contribution in [2.45, 2.75) is 13.8 Å². The van der Waals surface area contributed by atoms with Crippen LogP contribution >= 0.6 is 0 Å². The average molecular weight is 291 g/mol. The van der Waals surface area contributed by atoms with Crippen LogP contribution in [0.1, 0.15) is 23.0 Å². The molecule has 2 rings (SSSR count). The molecule has 0 saturated heterocycles. The van der Waals surface area contributed by atoms with E-state index in [1.807, 2.05) is 6.92 Å². The van der Waals surface area contributed by atoms with Crippen molar-refractivity contribution in [3.05, 3.63) is 53.2 Å². The van der Waals surface area contributed by atoms with E-state index in [9.17, 15) is 13.6 Å². The van der Waals surface area contributed by atoms with Gasteiger partial charge in [-0.25, -0.2) is 13.8 Å². The molecule has 0 aliphatic rings. The molecule has 0 aliphatic heterocycles. The number of aromatic nitrogens is 1. The Kier molecular flexibility index (Phi) is 4.47. The molecule has 1 amide bonds. The fourth-order valence-corrected chi connectivity index (χ4v) is 1.86. The zero-order chi connectivity index (χ0) is 15.4. The minimum Gasteiger partial charge on any atom is -0.370 e. The highest BCUT2D eigenvalue weighted by atomic mass is 19.1. The molecular formula is C15H15F2N3O. The maximum Gasteiger partial charge on any atom is 0.255 e. The van der Waals surface area contributed by atoms with E-state index < -0.39 is 17.5 Å². The van der Waals surface area contributed by atoms with E-state index in [-0.39, 0.29) is 5.69 Å². The molecule has 110 valence electrons. The first kappa shape index (κ1) is 14.9. The molecule has 21 heavy (non-hydrogen) atoms. The minimum atomic E-state index is -0.692. The summed E-state index contributed by atoms with van der Waals surface area (Å²) >= 11 is 0. The van der Waals surface area contributed by atoms with Gasteiger partial charge in [-0.15, -0.1) is 0 Å². The summed E-state index contributed by atoms with van der Waals surface area (Å²) in [5, 5.41) is 5.36. The van der Waals surface area contributed by atoms with Crippen molar-refractivity contribution in [2.24, 2.45) is 0 Å². The van der Waals surface area contributed by atoms with E-state index in [1.165, 1.54) is 0 Å². The number of nitrogens with one attached hydrogen (secondary N) is 2. The number of benzene rings is 1. The molecule has 4 nitrogen and oxygen atoms in total. The Morgan fingerprint density at radius 1 is 1.24 bits per heavy atom. The van der Waals surface area contributed by atoms with Gasteiger partial charge in [-0.2, -0.15) is 0 Å². The second kappa shape index (κ2) is 6.30. The van der Waals surface area contributed by atoms with Gasteiger partial charge in [0.25, 0.3) is 5.91 Å². The molecule has 0 aliphatic carbocycles. The van der Waals surface area contributed by atoms with Crippen LogP contribution in [0.2, 0.25) is 0 Å². The molecule has 0 atom stereocenters. The molecule has 6 heteroatoms. The highest BCUT2D eigenvalue weighted by molar-refractivity contribution is 6.04. The van der Waals surface area contributed by atoms with E-state index in [0.29, 0.717) is 23.6 Å². The maximum atomic E-state index is 13.5. The molecule has 0 spiro atoms. The van der Waals surface area contributed by atoms with Crippen molar-refractivity contribution in [3.8, 4) is 0 Å². The zero-order valence-electron chi connectivity index (χ0n) is 11.7. The lowest BCUT2D eigenvalue weighted by atomic mass is 10.2. The Morgan fingerprint density at radius 3 is 2.71 bits per heavy atom. The summed E-state index contributed by atoms with van der Waals surface area (Å²) in [6, 6.07) is 6.03. The predicted octanol–water partition coefficient (Wildman–Crippen LogP) is 3.35. The van der Waals surface area contributed by atoms with Gasteiger partial charge in [-0.1, -0.05) is 0 Å². The van der Waals surface area contributed by atoms with Crippen molar-refractivity contribution in [1.29, 1.82) is 0 Å². The van der Waals surface area contributed by atoms with Crippen LogP contribution in [0.25, 0.3) is 0 Å². The number of amides is 1. The molecule has 2 aromatic rings. The maximum absolute atomic E-state index is 13.5. The number of hydrogen-bond donors (Lipinski definition) is 2. The summed E-state index contributed by atoms with van der Waals surface area (Å²) in [6.07, 6.45) is 0. The van der Waals surface area contributed by atoms with Crippen molar-refractivity contribution >= 4 is 17.4 Å². The lowest BCUT2D eigenvalue weighted by Crippen LogP contribution is -2.14. The van der Waals surface area contributed by atoms with Gasteiger partial charge in [-0.3, -0.25) is 4.79 Å². The fraction of sp³-hybridized carbons (Fsp3) is 0.200. The first-order chi connectivity index (χ1) is 9.99. The summed E-state index contributed by atoms with van der Waals surface area (Å²) in [5.74, 6) is -1.28. The molecule has 0 radical (unpaired) electrons. The van der Waals surface area contributed by atoms with Crippen molar-refractivity contribution in [3.63, 3.8) is 0 Å². The van der Waals surface area contributed by atoms with Crippen LogP contribution in [0.5, 0.6) is 0 Å². The molecular weight excluding hydrogens is 276 g/mol. The predicted molar refractivity (Wildman–Crippen MR) is 77.4 cm³/mol. The first-order valence-electron chi connectivity index (χ1n) is 6.48. The minimum absolute atomic E-state index is 0.195. The third kappa shape index (κ3) is 3.75. The van der Waals surface area contributed by atoms with E-state index in [1.54, 1.807) is 19.1 Å². The molecule has 2 N–H and O–H groups in total. The summed E-state index contributed by atoms with van der Waals surface area (Å²) < 4.78 is 26.6. The lowest BCUT2D eigenvalue weighted by molar-refractivity contribution is 0.102. The largest absolute Gasteiger partial charge is 0.370 e. The number of carbonyl (C=O) groups excluding carboxylic acids is 1. The van der Waals surface area contributed by atoms with Gasteiger partial charge in [0.05, 0.1) is 5.69 Å². The zero-order valence-corrected chi connectivity index (χ0v) is 11.7. The van der Waals surface area contributed by atoms with Gasteiger partial charge in [0.15, 0.2) is 0 Å². The smallest absolute Gasteiger partial charge is 0.255 e. The van der Waals surface area contributed by atoms with Crippen LogP contribution in [-0.4, -0.2) is 17.4 Å². The normalized spacial score (nSPS) is 10.3. The average Bonchev–Trinajstić information content (AvgIpc) is 2.42. The topological polar surface area (TPSA) is 54.0 Å². The number of hydrogen-bond acceptors (Lipinski definition) is 3. The van der Waals surface area contributed by atoms with E-state index >= 15 is 0 Å². The Labute approximate surface area is 121 Å². The molecule has 0 fully saturated rings. The lowest BCUT2D eigenvalue weighted by Gasteiger charge is -2.09. The summed E-state index contributed by atoms with van der Waals surface area (Å²) in [7, 11) is 0. The van der Waals surface area contributed by atoms with Crippen LogP contribution in [-0.2, 0) is 0 Å². The van der Waals surface area contributed by atoms with Crippen LogP contribution in [0.4, 0.5) is 20.3 Å². The molecule has 1 aromatic heterocycles. The van der Waals surface area contributed by atoms with Crippen molar-refractivity contribution in [1.82, 2.24) is 4.98 Å². The molecule has 1 heterocycles. The fourth-order valence-electron chi connectivity index (χ4n) is 1.86. The van der Waals surface area contributed by atoms with Crippen LogP contribution in [0.15, 0.2) is 30.3 Å². The quantitative estimate of drug-likeness (QED) is 0.908. The first-order valence-corrected chi connectivity index (χ1v) is 6.48. The van der Waals surface area contributed by atoms with E-state index in [0.717, 1.165) is 18.2 Å². The van der Waals surface area contributed by atoms with Crippen molar-refractivity contribution in [2.75, 3.05) is 17.2 Å². The van der Waals surface area contributed by atoms with Gasteiger partial charge >= 0.3 is 0 Å². The summed E-state index contributed by atoms with van der Waals surface area (Å²) in [5.41, 5.74) is 0.778. The van der Waals surface area contributed by atoms with Crippen molar-refractivity contribution < 1.29 is 13.6 Å². The van der Waals surface area contributed by atoms with Gasteiger partial charge in [-0.05, 0) is 38.1 Å². The van der Waals surface area contributed by atoms with Gasteiger partial charge < -0.3 is 10.6 Å². The number of carbonyl (C=O) groups is 1. The van der Waals surface area contributed by atoms with Crippen LogP contribution < -0.4 is 10.6 Å². The number of anilines is 2. The standard InChI is InChI=1S/C15H15F2N3O/c1-3-18-14-7-10(6-9(2)19-14)15(21)20-13-8-11(16)4-5-12(13)17/h4-8H,3H2,1-2H3,(H,18,19)(H,20,21). The third-order valence-electron chi connectivity index (χ3n) is 2.75. The summed E-state index contributed by atoms with van der Waals surface area (Å²) in [4.78, 5) is 16.4. The molecule has 0 saturated carbocycles. The number of halogens is 2.